The zero-order valence-electron chi connectivity index (χ0n) is 17.7. The number of piperidine rings is 1. The number of hydrogen-bond donors (Lipinski definition) is 0. The summed E-state index contributed by atoms with van der Waals surface area (Å²) in [5.41, 5.74) is 3.50. The molecule has 0 radical (unpaired) electrons. The second-order valence-corrected chi connectivity index (χ2v) is 8.40. The number of furan rings is 1. The first-order valence-corrected chi connectivity index (χ1v) is 10.4. The second kappa shape index (κ2) is 7.71. The van der Waals surface area contributed by atoms with E-state index in [1.54, 1.807) is 25.7 Å². The largest absolute Gasteiger partial charge is 0.497 e. The smallest absolute Gasteiger partial charge is 0.246 e. The van der Waals surface area contributed by atoms with Crippen molar-refractivity contribution in [2.45, 2.75) is 44.2 Å². The number of hydrogen-bond acceptors (Lipinski definition) is 4. The van der Waals surface area contributed by atoms with E-state index in [0.717, 1.165) is 30.7 Å². The van der Waals surface area contributed by atoms with Crippen molar-refractivity contribution in [1.82, 2.24) is 9.80 Å². The van der Waals surface area contributed by atoms with Crippen LogP contribution >= 0.6 is 0 Å². The molecule has 0 saturated carbocycles. The Morgan fingerprint density at radius 2 is 2.24 bits per heavy atom. The normalized spacial score (nSPS) is 26.3. The van der Waals surface area contributed by atoms with Gasteiger partial charge in [-0.15, -0.1) is 0 Å². The Balaban J connectivity index is 1.73. The van der Waals surface area contributed by atoms with Crippen LogP contribution in [0.3, 0.4) is 0 Å². The van der Waals surface area contributed by atoms with Gasteiger partial charge >= 0.3 is 0 Å². The van der Waals surface area contributed by atoms with Crippen molar-refractivity contribution >= 4 is 12.0 Å². The third-order valence-electron chi connectivity index (χ3n) is 6.85. The van der Waals surface area contributed by atoms with Gasteiger partial charge in [-0.25, -0.2) is 0 Å². The van der Waals surface area contributed by atoms with Gasteiger partial charge in [0.1, 0.15) is 5.75 Å². The molecule has 1 aromatic heterocycles. The molecule has 1 amide bonds. The van der Waals surface area contributed by atoms with Gasteiger partial charge < -0.3 is 19.0 Å². The van der Waals surface area contributed by atoms with Crippen LogP contribution in [0.15, 0.2) is 47.3 Å². The number of benzene rings is 1. The Morgan fingerprint density at radius 3 is 2.93 bits per heavy atom. The van der Waals surface area contributed by atoms with E-state index in [9.17, 15) is 4.79 Å². The fourth-order valence-electron chi connectivity index (χ4n) is 5.24. The van der Waals surface area contributed by atoms with Crippen LogP contribution in [0.1, 0.15) is 37.0 Å². The molecule has 2 bridgehead atoms. The zero-order chi connectivity index (χ0) is 20.6. The average Bonchev–Trinajstić information content (AvgIpc) is 3.25. The maximum atomic E-state index is 13.2. The zero-order valence-corrected chi connectivity index (χ0v) is 17.7. The summed E-state index contributed by atoms with van der Waals surface area (Å²) < 4.78 is 10.6. The number of ether oxygens (including phenoxy) is 1. The van der Waals surface area contributed by atoms with Gasteiger partial charge in [-0.05, 0) is 68.8 Å². The number of likely N-dealkylation sites (N-methyl/N-ethyl adjacent to an activating group) is 2. The summed E-state index contributed by atoms with van der Waals surface area (Å²) >= 11 is 0. The summed E-state index contributed by atoms with van der Waals surface area (Å²) in [6.45, 7) is 6.11. The van der Waals surface area contributed by atoms with Crippen LogP contribution in [-0.2, 0) is 16.6 Å². The Labute approximate surface area is 172 Å². The van der Waals surface area contributed by atoms with E-state index >= 15 is 0 Å². The predicted molar refractivity (Wildman–Crippen MR) is 114 cm³/mol. The molecule has 1 aliphatic carbocycles. The summed E-state index contributed by atoms with van der Waals surface area (Å²) in [5, 5.41) is 0. The van der Waals surface area contributed by atoms with Gasteiger partial charge in [-0.1, -0.05) is 13.0 Å². The molecular weight excluding hydrogens is 364 g/mol. The monoisotopic (exact) mass is 394 g/mol. The van der Waals surface area contributed by atoms with Crippen LogP contribution in [0.5, 0.6) is 5.75 Å². The molecule has 5 nitrogen and oxygen atoms in total. The lowest BCUT2D eigenvalue weighted by Gasteiger charge is -2.57. The first kappa shape index (κ1) is 19.8. The molecule has 3 atom stereocenters. The second-order valence-electron chi connectivity index (χ2n) is 8.40. The van der Waals surface area contributed by atoms with E-state index in [0.29, 0.717) is 12.6 Å². The highest BCUT2D eigenvalue weighted by atomic mass is 16.5. The lowest BCUT2D eigenvalue weighted by atomic mass is 9.61. The summed E-state index contributed by atoms with van der Waals surface area (Å²) in [6.07, 6.45) is 8.73. The van der Waals surface area contributed by atoms with Gasteiger partial charge in [0.15, 0.2) is 0 Å². The molecule has 4 rings (SSSR count). The van der Waals surface area contributed by atoms with Crippen molar-refractivity contribution in [2.24, 2.45) is 0 Å². The maximum Gasteiger partial charge on any atom is 0.246 e. The average molecular weight is 395 g/mol. The molecule has 1 aromatic carbocycles. The van der Waals surface area contributed by atoms with Crippen LogP contribution in [0.2, 0.25) is 0 Å². The Kier molecular flexibility index (Phi) is 5.26. The standard InChI is InChI=1S/C24H30N2O3/c1-5-26(22(27)9-6-17-10-13-29-16-17)23-21-14-18-7-8-19(28-4)15-20(18)24(23,2)11-12-25(21)3/h6-10,13,15-16,21,23H,5,11-12,14H2,1-4H3/t21?,23-,24+/m0/s1. The van der Waals surface area contributed by atoms with E-state index < -0.39 is 0 Å². The van der Waals surface area contributed by atoms with Crippen LogP contribution in [0.4, 0.5) is 0 Å². The fourth-order valence-corrected chi connectivity index (χ4v) is 5.24. The Hall–Kier alpha value is -2.53. The molecule has 2 heterocycles. The van der Waals surface area contributed by atoms with Crippen LogP contribution < -0.4 is 4.74 Å². The minimum atomic E-state index is -0.103. The molecule has 0 spiro atoms. The number of carbonyl (C=O) groups is 1. The van der Waals surface area contributed by atoms with E-state index in [4.69, 9.17) is 9.15 Å². The number of fused-ring (bicyclic) bond motifs is 4. The van der Waals surface area contributed by atoms with Crippen molar-refractivity contribution in [3.63, 3.8) is 0 Å². The highest BCUT2D eigenvalue weighted by Crippen LogP contribution is 2.47. The summed E-state index contributed by atoms with van der Waals surface area (Å²) in [4.78, 5) is 17.7. The maximum absolute atomic E-state index is 13.2. The summed E-state index contributed by atoms with van der Waals surface area (Å²) in [7, 11) is 3.90. The van der Waals surface area contributed by atoms with Crippen molar-refractivity contribution in [3.8, 4) is 5.75 Å². The summed E-state index contributed by atoms with van der Waals surface area (Å²) in [6, 6.07) is 8.71. The van der Waals surface area contributed by atoms with Crippen LogP contribution in [0.25, 0.3) is 6.08 Å². The van der Waals surface area contributed by atoms with Crippen molar-refractivity contribution in [2.75, 3.05) is 27.2 Å². The van der Waals surface area contributed by atoms with Gasteiger partial charge in [0, 0.05) is 29.6 Å². The van der Waals surface area contributed by atoms with Crippen LogP contribution in [-0.4, -0.2) is 55.0 Å². The molecule has 2 aliphatic rings. The number of rotatable bonds is 5. The number of nitrogens with zero attached hydrogens (tertiary/aromatic N) is 2. The highest BCUT2D eigenvalue weighted by molar-refractivity contribution is 5.92. The van der Waals surface area contributed by atoms with E-state index in [1.807, 2.05) is 12.1 Å². The molecule has 0 N–H and O–H groups in total. The van der Waals surface area contributed by atoms with Gasteiger partial charge in [0.2, 0.25) is 5.91 Å². The number of methoxy groups -OCH3 is 1. The minimum absolute atomic E-state index is 0.0524. The predicted octanol–water partition coefficient (Wildman–Crippen LogP) is 3.74. The third kappa shape index (κ3) is 3.38. The highest BCUT2D eigenvalue weighted by Gasteiger charge is 2.52. The molecule has 154 valence electrons. The first-order valence-electron chi connectivity index (χ1n) is 10.4. The van der Waals surface area contributed by atoms with Gasteiger partial charge in [0.25, 0.3) is 0 Å². The molecule has 1 saturated heterocycles. The molecule has 1 aliphatic heterocycles. The SMILES string of the molecule is CCN(C(=O)C=Cc1ccoc1)[C@H]1C2Cc3ccc(OC)cc3[C@@]1(C)CCN2C. The molecule has 1 fully saturated rings. The summed E-state index contributed by atoms with van der Waals surface area (Å²) in [5.74, 6) is 0.937. The van der Waals surface area contributed by atoms with Crippen molar-refractivity contribution < 1.29 is 13.9 Å². The number of carbonyl (C=O) groups excluding carboxylic acids is 1. The fraction of sp³-hybridized carbons (Fsp3) is 0.458. The van der Waals surface area contributed by atoms with Crippen molar-refractivity contribution in [1.29, 1.82) is 0 Å². The van der Waals surface area contributed by atoms with E-state index in [1.165, 1.54) is 11.1 Å². The van der Waals surface area contributed by atoms with E-state index in [2.05, 4.69) is 48.9 Å². The van der Waals surface area contributed by atoms with Gasteiger partial charge in [0.05, 0.1) is 25.7 Å². The Morgan fingerprint density at radius 1 is 1.41 bits per heavy atom. The first-order chi connectivity index (χ1) is 14.0. The molecule has 2 aromatic rings. The lowest BCUT2D eigenvalue weighted by Crippen LogP contribution is -2.67. The third-order valence-corrected chi connectivity index (χ3v) is 6.85. The number of amides is 1. The molecule has 5 heteroatoms. The topological polar surface area (TPSA) is 45.9 Å². The molecular formula is C24H30N2O3. The number of likely N-dealkylation sites (tertiary alicyclic amines) is 1. The van der Waals surface area contributed by atoms with E-state index in [-0.39, 0.29) is 17.4 Å². The molecule has 1 unspecified atom stereocenters. The van der Waals surface area contributed by atoms with Gasteiger partial charge in [-0.3, -0.25) is 4.79 Å². The van der Waals surface area contributed by atoms with Crippen LogP contribution in [0, 0.1) is 0 Å². The lowest BCUT2D eigenvalue weighted by molar-refractivity contribution is -0.133. The minimum Gasteiger partial charge on any atom is -0.497 e. The quantitative estimate of drug-likeness (QED) is 0.725. The Bertz CT molecular complexity index is 905. The van der Waals surface area contributed by atoms with Gasteiger partial charge in [-0.2, -0.15) is 0 Å². The molecule has 29 heavy (non-hydrogen) atoms. The van der Waals surface area contributed by atoms with Crippen molar-refractivity contribution in [3.05, 3.63) is 59.6 Å².